The fraction of sp³-hybridized carbons (Fsp3) is 0.483. The lowest BCUT2D eigenvalue weighted by molar-refractivity contribution is 0.0284. The largest absolute Gasteiger partial charge is 0.491 e. The number of anilines is 1. The highest BCUT2D eigenvalue weighted by atomic mass is 16.5. The Hall–Kier alpha value is -3.41. The van der Waals surface area contributed by atoms with Crippen LogP contribution in [0.15, 0.2) is 47.3 Å². The van der Waals surface area contributed by atoms with E-state index < -0.39 is 5.60 Å². The van der Waals surface area contributed by atoms with E-state index in [0.717, 1.165) is 36.5 Å². The molecule has 3 aromatic rings. The third-order valence-corrected chi connectivity index (χ3v) is 7.17. The first-order valence-electron chi connectivity index (χ1n) is 12.9. The first-order valence-corrected chi connectivity index (χ1v) is 12.9. The van der Waals surface area contributed by atoms with E-state index in [1.807, 2.05) is 12.1 Å². The molecule has 0 bridgehead atoms. The van der Waals surface area contributed by atoms with Crippen LogP contribution in [0.3, 0.4) is 0 Å². The van der Waals surface area contributed by atoms with Gasteiger partial charge in [0.15, 0.2) is 0 Å². The van der Waals surface area contributed by atoms with Gasteiger partial charge in [0.2, 0.25) is 0 Å². The highest BCUT2D eigenvalue weighted by molar-refractivity contribution is 5.89. The highest BCUT2D eigenvalue weighted by Gasteiger charge is 2.34. The van der Waals surface area contributed by atoms with Gasteiger partial charge < -0.3 is 19.3 Å². The number of fused-ring (bicyclic) bond motifs is 1. The molecule has 4 rings (SSSR count). The highest BCUT2D eigenvalue weighted by Crippen LogP contribution is 2.34. The topological polar surface area (TPSA) is 94.6 Å². The van der Waals surface area contributed by atoms with Crippen LogP contribution in [-0.2, 0) is 7.05 Å². The molecule has 1 unspecified atom stereocenters. The molecule has 0 aliphatic carbocycles. The van der Waals surface area contributed by atoms with E-state index in [2.05, 4.69) is 53.8 Å². The maximum atomic E-state index is 12.8. The Morgan fingerprint density at radius 2 is 1.86 bits per heavy atom. The Morgan fingerprint density at radius 3 is 2.49 bits per heavy atom. The second-order valence-electron chi connectivity index (χ2n) is 10.7. The lowest BCUT2D eigenvalue weighted by Gasteiger charge is -2.48. The molecule has 0 saturated carbocycles. The van der Waals surface area contributed by atoms with Crippen molar-refractivity contribution in [3.05, 3.63) is 64.1 Å². The van der Waals surface area contributed by atoms with Crippen LogP contribution in [0.4, 0.5) is 5.69 Å². The SMILES string of the molecule is CCC(c1ccc(OCC(C)(C)O)cc1)N1C[C@H](C)N(c2cc(=O)n(C)c3ccc(C#N)nc23)C[C@@H]1C. The van der Waals surface area contributed by atoms with Crippen LogP contribution in [0, 0.1) is 11.3 Å². The Kier molecular flexibility index (Phi) is 7.58. The van der Waals surface area contributed by atoms with Gasteiger partial charge in [-0.3, -0.25) is 9.69 Å². The first-order chi connectivity index (χ1) is 17.5. The maximum absolute atomic E-state index is 12.8. The zero-order chi connectivity index (χ0) is 26.9. The molecule has 1 aromatic carbocycles. The van der Waals surface area contributed by atoms with Crippen molar-refractivity contribution in [3.63, 3.8) is 0 Å². The molecule has 3 heterocycles. The number of pyridine rings is 2. The summed E-state index contributed by atoms with van der Waals surface area (Å²) in [6.07, 6.45) is 0.961. The van der Waals surface area contributed by atoms with E-state index in [1.54, 1.807) is 43.7 Å². The summed E-state index contributed by atoms with van der Waals surface area (Å²) in [6.45, 7) is 11.9. The van der Waals surface area contributed by atoms with E-state index in [4.69, 9.17) is 4.74 Å². The van der Waals surface area contributed by atoms with Gasteiger partial charge in [-0.25, -0.2) is 4.98 Å². The molecule has 0 radical (unpaired) electrons. The molecule has 2 aromatic heterocycles. The minimum atomic E-state index is -0.879. The van der Waals surface area contributed by atoms with Gasteiger partial charge in [-0.2, -0.15) is 5.26 Å². The third kappa shape index (κ3) is 5.63. The monoisotopic (exact) mass is 503 g/mol. The van der Waals surface area contributed by atoms with Gasteiger partial charge in [0.1, 0.15) is 29.6 Å². The smallest absolute Gasteiger partial charge is 0.252 e. The molecule has 1 saturated heterocycles. The van der Waals surface area contributed by atoms with E-state index in [9.17, 15) is 15.2 Å². The standard InChI is InChI=1S/C29H37N5O3/c1-7-24(21-8-11-23(12-9-21)37-18-29(4,5)36)33-16-20(3)34(17-19(33)2)26-14-27(35)32(6)25-13-10-22(15-30)31-28(25)26/h8-14,19-20,24,36H,7,16-18H2,1-6H3/t19-,20-,24?/m0/s1. The van der Waals surface area contributed by atoms with Gasteiger partial charge in [0.05, 0.1) is 16.8 Å². The summed E-state index contributed by atoms with van der Waals surface area (Å²) in [5.41, 5.74) is 2.79. The van der Waals surface area contributed by atoms with Crippen molar-refractivity contribution in [2.75, 3.05) is 24.6 Å². The molecule has 1 N–H and O–H groups in total. The van der Waals surface area contributed by atoms with Crippen LogP contribution in [0.1, 0.15) is 58.3 Å². The van der Waals surface area contributed by atoms with Gasteiger partial charge in [-0.15, -0.1) is 0 Å². The summed E-state index contributed by atoms with van der Waals surface area (Å²) in [6, 6.07) is 16.0. The quantitative estimate of drug-likeness (QED) is 0.521. The lowest BCUT2D eigenvalue weighted by Crippen LogP contribution is -2.57. The summed E-state index contributed by atoms with van der Waals surface area (Å²) in [5, 5.41) is 19.3. The molecule has 1 aliphatic heterocycles. The van der Waals surface area contributed by atoms with E-state index in [-0.39, 0.29) is 30.3 Å². The van der Waals surface area contributed by atoms with Crippen molar-refractivity contribution in [2.45, 2.75) is 64.8 Å². The number of nitrogens with zero attached hydrogens (tertiary/aromatic N) is 5. The Labute approximate surface area is 218 Å². The number of aromatic nitrogens is 2. The number of hydrogen-bond donors (Lipinski definition) is 1. The predicted molar refractivity (Wildman–Crippen MR) is 146 cm³/mol. The summed E-state index contributed by atoms with van der Waals surface area (Å²) in [7, 11) is 1.74. The fourth-order valence-corrected chi connectivity index (χ4v) is 5.22. The number of aryl methyl sites for hydroxylation is 1. The molecular formula is C29H37N5O3. The third-order valence-electron chi connectivity index (χ3n) is 7.17. The lowest BCUT2D eigenvalue weighted by atomic mass is 9.97. The molecule has 0 amide bonds. The number of rotatable bonds is 7. The van der Waals surface area contributed by atoms with Crippen LogP contribution in [0.2, 0.25) is 0 Å². The molecule has 196 valence electrons. The second kappa shape index (κ2) is 10.5. The van der Waals surface area contributed by atoms with Crippen LogP contribution < -0.4 is 15.2 Å². The molecule has 8 nitrogen and oxygen atoms in total. The summed E-state index contributed by atoms with van der Waals surface area (Å²) >= 11 is 0. The van der Waals surface area contributed by atoms with E-state index >= 15 is 0 Å². The summed E-state index contributed by atoms with van der Waals surface area (Å²) in [5.74, 6) is 0.744. The van der Waals surface area contributed by atoms with Crippen molar-refractivity contribution >= 4 is 16.7 Å². The minimum Gasteiger partial charge on any atom is -0.491 e. The Balaban J connectivity index is 1.59. The number of ether oxygens (including phenoxy) is 1. The van der Waals surface area contributed by atoms with Crippen molar-refractivity contribution in [1.29, 1.82) is 5.26 Å². The van der Waals surface area contributed by atoms with Crippen molar-refractivity contribution < 1.29 is 9.84 Å². The van der Waals surface area contributed by atoms with E-state index in [0.29, 0.717) is 11.2 Å². The molecule has 1 aliphatic rings. The molecule has 8 heteroatoms. The molecule has 0 spiro atoms. The van der Waals surface area contributed by atoms with Crippen LogP contribution in [0.5, 0.6) is 5.75 Å². The number of hydrogen-bond acceptors (Lipinski definition) is 7. The maximum Gasteiger partial charge on any atom is 0.252 e. The van der Waals surface area contributed by atoms with Crippen molar-refractivity contribution in [3.8, 4) is 11.8 Å². The minimum absolute atomic E-state index is 0.0883. The average molecular weight is 504 g/mol. The number of aliphatic hydroxyl groups is 1. The van der Waals surface area contributed by atoms with Gasteiger partial charge in [0.25, 0.3) is 5.56 Å². The zero-order valence-corrected chi connectivity index (χ0v) is 22.6. The molecular weight excluding hydrogens is 466 g/mol. The number of benzene rings is 1. The van der Waals surface area contributed by atoms with Crippen molar-refractivity contribution in [1.82, 2.24) is 14.5 Å². The van der Waals surface area contributed by atoms with E-state index in [1.165, 1.54) is 5.56 Å². The molecule has 3 atom stereocenters. The Bertz CT molecular complexity index is 1350. The number of nitriles is 1. The van der Waals surface area contributed by atoms with Crippen LogP contribution in [0.25, 0.3) is 11.0 Å². The number of piperazine rings is 1. The summed E-state index contributed by atoms with van der Waals surface area (Å²) in [4.78, 5) is 22.2. The zero-order valence-electron chi connectivity index (χ0n) is 22.6. The van der Waals surface area contributed by atoms with Gasteiger partial charge in [-0.05, 0) is 63.9 Å². The van der Waals surface area contributed by atoms with Gasteiger partial charge >= 0.3 is 0 Å². The van der Waals surface area contributed by atoms with Gasteiger partial charge in [0, 0.05) is 44.3 Å². The predicted octanol–water partition coefficient (Wildman–Crippen LogP) is 4.01. The normalized spacial score (nSPS) is 19.6. The second-order valence-corrected chi connectivity index (χ2v) is 10.7. The fourth-order valence-electron chi connectivity index (χ4n) is 5.22. The average Bonchev–Trinajstić information content (AvgIpc) is 2.87. The van der Waals surface area contributed by atoms with Crippen LogP contribution >= 0.6 is 0 Å². The first kappa shape index (κ1) is 26.6. The molecule has 37 heavy (non-hydrogen) atoms. The van der Waals surface area contributed by atoms with Crippen molar-refractivity contribution in [2.24, 2.45) is 7.05 Å². The van der Waals surface area contributed by atoms with Crippen LogP contribution in [-0.4, -0.2) is 56.9 Å². The summed E-state index contributed by atoms with van der Waals surface area (Å²) < 4.78 is 7.31. The Morgan fingerprint density at radius 1 is 1.16 bits per heavy atom. The van der Waals surface area contributed by atoms with Gasteiger partial charge in [-0.1, -0.05) is 19.1 Å². The molecule has 1 fully saturated rings.